The molecule has 0 fully saturated rings. The molecule has 0 saturated carbocycles. The van der Waals surface area contributed by atoms with Gasteiger partial charge in [0.25, 0.3) is 0 Å². The van der Waals surface area contributed by atoms with Gasteiger partial charge in [-0.15, -0.1) is 0 Å². The van der Waals surface area contributed by atoms with Crippen LogP contribution in [-0.2, 0) is 20.8 Å². The van der Waals surface area contributed by atoms with E-state index in [0.717, 1.165) is 0 Å². The van der Waals surface area contributed by atoms with Gasteiger partial charge in [-0.2, -0.15) is 16.8 Å². The highest BCUT2D eigenvalue weighted by Gasteiger charge is 1.85. The summed E-state index contributed by atoms with van der Waals surface area (Å²) in [5.41, 5.74) is 0. The van der Waals surface area contributed by atoms with Crippen LogP contribution in [-0.4, -0.2) is 54.6 Å². The van der Waals surface area contributed by atoms with Crippen LogP contribution in [0.2, 0.25) is 0 Å². The Morgan fingerprint density at radius 1 is 0.786 bits per heavy atom. The Labute approximate surface area is 81.4 Å². The van der Waals surface area contributed by atoms with Gasteiger partial charge in [-0.25, -0.2) is 0 Å². The Hall–Kier alpha value is -0.340. The lowest BCUT2D eigenvalue weighted by Gasteiger charge is -1.68. The number of nitrogens with one attached hydrogen (secondary N) is 1. The molecule has 0 radical (unpaired) electrons. The Balaban J connectivity index is -0.0000000535. The minimum absolute atomic E-state index is 0. The van der Waals surface area contributed by atoms with E-state index < -0.39 is 20.8 Å². The van der Waals surface area contributed by atoms with Crippen LogP contribution in [0, 0.1) is 0 Å². The normalized spacial score (nSPS) is 9.57. The smallest absolute Gasteiger partial charge is 0.394 e. The maximum Gasteiger partial charge on any atom is 0.394 e. The highest BCUT2D eigenvalue weighted by molar-refractivity contribution is 7.80. The molecule has 0 amide bonds. The fourth-order valence-corrected chi connectivity index (χ4v) is 0. The predicted molar refractivity (Wildman–Crippen MR) is 47.0 cm³/mol. The van der Waals surface area contributed by atoms with Gasteiger partial charge < -0.3 is 10.8 Å². The lowest BCUT2D eigenvalue weighted by atomic mass is 11.3. The summed E-state index contributed by atoms with van der Waals surface area (Å²) in [4.78, 5) is 0. The second-order valence-corrected chi connectivity index (χ2v) is 3.19. The zero-order valence-electron chi connectivity index (χ0n) is 7.24. The van der Waals surface area contributed by atoms with E-state index in [9.17, 15) is 0 Å². The van der Waals surface area contributed by atoms with Gasteiger partial charge in [0.05, 0.1) is 0 Å². The summed E-state index contributed by atoms with van der Waals surface area (Å²) in [5, 5.41) is 2.75. The van der Waals surface area contributed by atoms with Crippen molar-refractivity contribution in [1.29, 1.82) is 0 Å². The quantitative estimate of drug-likeness (QED) is 0.297. The molecule has 0 aromatic rings. The first-order chi connectivity index (χ1) is 5.41. The zero-order chi connectivity index (χ0) is 11.7. The highest BCUT2D eigenvalue weighted by atomic mass is 32.3. The molecule has 0 aromatic carbocycles. The van der Waals surface area contributed by atoms with Crippen LogP contribution in [0.15, 0.2) is 0 Å². The topological polar surface area (TPSA) is 193 Å². The third kappa shape index (κ3) is 11500. The fraction of sp³-hybridized carbons (Fsp3) is 1.00. The van der Waals surface area contributed by atoms with Crippen molar-refractivity contribution in [3.63, 3.8) is 0 Å². The molecule has 0 aliphatic rings. The number of hydrogen-bond donors (Lipinski definition) is 5. The molecular weight excluding hydrogens is 246 g/mol. The van der Waals surface area contributed by atoms with E-state index in [2.05, 4.69) is 5.32 Å². The van der Waals surface area contributed by atoms with Crippen LogP contribution >= 0.6 is 0 Å². The molecule has 12 heteroatoms. The second-order valence-electron chi connectivity index (χ2n) is 1.40. The summed E-state index contributed by atoms with van der Waals surface area (Å²) in [6, 6.07) is 0. The van der Waals surface area contributed by atoms with Gasteiger partial charge in [-0.3, -0.25) is 18.2 Å². The second kappa shape index (κ2) is 10.7. The van der Waals surface area contributed by atoms with Gasteiger partial charge in [0.2, 0.25) is 0 Å². The number of rotatable bonds is 0. The summed E-state index contributed by atoms with van der Waals surface area (Å²) in [6.45, 7) is 0. The van der Waals surface area contributed by atoms with Crippen molar-refractivity contribution in [1.82, 2.24) is 5.32 Å². The van der Waals surface area contributed by atoms with Gasteiger partial charge in [0.15, 0.2) is 0 Å². The molecule has 0 heterocycles. The van der Waals surface area contributed by atoms with Crippen LogP contribution in [0.4, 0.5) is 0 Å². The monoisotopic (exact) mass is 259 g/mol. The molecule has 0 spiro atoms. The molecule has 14 heavy (non-hydrogen) atoms. The molecule has 0 atom stereocenters. The maximum absolute atomic E-state index is 8.74. The Morgan fingerprint density at radius 2 is 0.786 bits per heavy atom. The largest absolute Gasteiger partial charge is 0.412 e. The van der Waals surface area contributed by atoms with Gasteiger partial charge in [-0.05, 0) is 14.1 Å². The number of hydrogen-bond acceptors (Lipinski definition) is 5. The first-order valence-electron chi connectivity index (χ1n) is 2.40. The van der Waals surface area contributed by atoms with Crippen LogP contribution in [0.25, 0.3) is 0 Å². The van der Waals surface area contributed by atoms with Crippen LogP contribution in [0.1, 0.15) is 0 Å². The SMILES string of the molecule is CNC.O.O=S(=O)(O)O.O=S(=O)(O)O. The van der Waals surface area contributed by atoms with Gasteiger partial charge in [-0.1, -0.05) is 0 Å². The first kappa shape index (κ1) is 23.5. The zero-order valence-corrected chi connectivity index (χ0v) is 8.87. The Morgan fingerprint density at radius 3 is 0.786 bits per heavy atom. The van der Waals surface area contributed by atoms with Gasteiger partial charge in [0, 0.05) is 0 Å². The minimum Gasteiger partial charge on any atom is -0.412 e. The molecule has 0 aliphatic heterocycles. The summed E-state index contributed by atoms with van der Waals surface area (Å²) in [5.74, 6) is 0. The van der Waals surface area contributed by atoms with Crippen molar-refractivity contribution in [3.8, 4) is 0 Å². The fourth-order valence-electron chi connectivity index (χ4n) is 0. The molecule has 10 nitrogen and oxygen atoms in total. The minimum atomic E-state index is -4.67. The third-order valence-corrected chi connectivity index (χ3v) is 0. The lowest BCUT2D eigenvalue weighted by molar-refractivity contribution is 0.378. The van der Waals surface area contributed by atoms with E-state index >= 15 is 0 Å². The highest BCUT2D eigenvalue weighted by Crippen LogP contribution is 1.59. The maximum atomic E-state index is 8.74. The van der Waals surface area contributed by atoms with Crippen molar-refractivity contribution >= 4 is 20.8 Å². The summed E-state index contributed by atoms with van der Waals surface area (Å²) in [7, 11) is -5.58. The van der Waals surface area contributed by atoms with Crippen molar-refractivity contribution in [3.05, 3.63) is 0 Å². The average Bonchev–Trinajstić information content (AvgIpc) is 1.52. The predicted octanol–water partition coefficient (Wildman–Crippen LogP) is -2.29. The third-order valence-electron chi connectivity index (χ3n) is 0. The van der Waals surface area contributed by atoms with Crippen LogP contribution in [0.3, 0.4) is 0 Å². The average molecular weight is 259 g/mol. The van der Waals surface area contributed by atoms with Gasteiger partial charge >= 0.3 is 20.8 Å². The van der Waals surface area contributed by atoms with Crippen LogP contribution < -0.4 is 5.32 Å². The van der Waals surface area contributed by atoms with E-state index in [1.165, 1.54) is 0 Å². The summed E-state index contributed by atoms with van der Waals surface area (Å²) in [6.07, 6.45) is 0. The van der Waals surface area contributed by atoms with E-state index in [1.807, 2.05) is 14.1 Å². The summed E-state index contributed by atoms with van der Waals surface area (Å²) >= 11 is 0. The van der Waals surface area contributed by atoms with Crippen molar-refractivity contribution < 1.29 is 40.5 Å². The van der Waals surface area contributed by atoms with Crippen molar-refractivity contribution in [2.75, 3.05) is 14.1 Å². The molecule has 7 N–H and O–H groups in total. The molecular formula is C2H13NO9S2. The molecule has 0 rings (SSSR count). The first-order valence-corrected chi connectivity index (χ1v) is 5.19. The van der Waals surface area contributed by atoms with E-state index in [4.69, 9.17) is 35.0 Å². The van der Waals surface area contributed by atoms with Crippen molar-refractivity contribution in [2.45, 2.75) is 0 Å². The van der Waals surface area contributed by atoms with Gasteiger partial charge in [0.1, 0.15) is 0 Å². The standard InChI is InChI=1S/C2H7N.2H2O4S.H2O/c1-3-2;2*1-5(2,3)4;/h3H,1-2H3;2*(H2,1,2,3,4);1H2. The van der Waals surface area contributed by atoms with E-state index in [0.29, 0.717) is 0 Å². The molecule has 0 aromatic heterocycles. The molecule has 0 saturated heterocycles. The Kier molecular flexibility index (Phi) is 18.0. The molecule has 0 aliphatic carbocycles. The summed E-state index contributed by atoms with van der Waals surface area (Å²) < 4.78 is 63.2. The van der Waals surface area contributed by atoms with Crippen LogP contribution in [0.5, 0.6) is 0 Å². The Bertz CT molecular complexity index is 230. The molecule has 0 unspecified atom stereocenters. The molecule has 92 valence electrons. The van der Waals surface area contributed by atoms with E-state index in [1.54, 1.807) is 0 Å². The van der Waals surface area contributed by atoms with E-state index in [-0.39, 0.29) is 5.48 Å². The lowest BCUT2D eigenvalue weighted by Crippen LogP contribution is -1.89. The van der Waals surface area contributed by atoms with Crippen molar-refractivity contribution in [2.24, 2.45) is 0 Å². The molecule has 0 bridgehead atoms.